The van der Waals surface area contributed by atoms with Gasteiger partial charge in [-0.05, 0) is 24.3 Å². The first-order valence-electron chi connectivity index (χ1n) is 7.75. The molecule has 3 rings (SSSR count). The third-order valence-corrected chi connectivity index (χ3v) is 3.98. The molecular formula is C16H20N6O2. The molecular weight excluding hydrogens is 308 g/mol. The van der Waals surface area contributed by atoms with Crippen LogP contribution in [0.25, 0.3) is 0 Å². The van der Waals surface area contributed by atoms with Crippen LogP contribution < -0.4 is 15.5 Å². The van der Waals surface area contributed by atoms with Gasteiger partial charge in [-0.15, -0.1) is 0 Å². The van der Waals surface area contributed by atoms with Crippen LogP contribution in [0.15, 0.2) is 36.7 Å². The highest BCUT2D eigenvalue weighted by Gasteiger charge is 2.20. The molecule has 0 unspecified atom stereocenters. The van der Waals surface area contributed by atoms with Crippen molar-refractivity contribution in [1.82, 2.24) is 14.9 Å². The number of hydrogen-bond donors (Lipinski definition) is 3. The first-order valence-corrected chi connectivity index (χ1v) is 7.75. The van der Waals surface area contributed by atoms with Crippen LogP contribution in [0.1, 0.15) is 0 Å². The van der Waals surface area contributed by atoms with Crippen LogP contribution in [0.4, 0.5) is 27.8 Å². The molecule has 2 heterocycles. The first-order chi connectivity index (χ1) is 11.7. The summed E-state index contributed by atoms with van der Waals surface area (Å²) in [5.41, 5.74) is 2.02. The minimum absolute atomic E-state index is 0.531. The molecule has 1 amide bonds. The molecule has 8 nitrogen and oxygen atoms in total. The molecule has 0 atom stereocenters. The van der Waals surface area contributed by atoms with Crippen molar-refractivity contribution in [2.24, 2.45) is 0 Å². The predicted octanol–water partition coefficient (Wildman–Crippen LogP) is 2.06. The van der Waals surface area contributed by atoms with E-state index in [1.807, 2.05) is 37.4 Å². The van der Waals surface area contributed by atoms with Gasteiger partial charge in [-0.25, -0.2) is 14.8 Å². The lowest BCUT2D eigenvalue weighted by Gasteiger charge is -2.34. The summed E-state index contributed by atoms with van der Waals surface area (Å²) >= 11 is 0. The molecule has 1 aliphatic heterocycles. The predicted molar refractivity (Wildman–Crippen MR) is 93.1 cm³/mol. The zero-order valence-electron chi connectivity index (χ0n) is 13.4. The van der Waals surface area contributed by atoms with E-state index in [-0.39, 0.29) is 0 Å². The van der Waals surface area contributed by atoms with Crippen molar-refractivity contribution < 1.29 is 9.90 Å². The number of nitrogens with zero attached hydrogens (tertiary/aromatic N) is 4. The van der Waals surface area contributed by atoms with Gasteiger partial charge < -0.3 is 25.5 Å². The van der Waals surface area contributed by atoms with E-state index in [2.05, 4.69) is 25.5 Å². The number of carboxylic acid groups (broad SMARTS) is 1. The molecule has 0 aliphatic carbocycles. The average molecular weight is 328 g/mol. The number of aromatic nitrogens is 2. The highest BCUT2D eigenvalue weighted by atomic mass is 16.4. The van der Waals surface area contributed by atoms with Gasteiger partial charge in [0.05, 0.1) is 0 Å². The molecule has 8 heteroatoms. The summed E-state index contributed by atoms with van der Waals surface area (Å²) in [7, 11) is 1.81. The molecule has 0 saturated carbocycles. The zero-order chi connectivity index (χ0) is 16.9. The van der Waals surface area contributed by atoms with Crippen molar-refractivity contribution in [3.05, 3.63) is 36.7 Å². The molecule has 1 aromatic carbocycles. The largest absolute Gasteiger partial charge is 0.465 e. The van der Waals surface area contributed by atoms with E-state index in [4.69, 9.17) is 5.11 Å². The Hall–Kier alpha value is -3.03. The lowest BCUT2D eigenvalue weighted by molar-refractivity contribution is 0.142. The summed E-state index contributed by atoms with van der Waals surface area (Å²) in [4.78, 5) is 22.8. The quantitative estimate of drug-likeness (QED) is 0.791. The van der Waals surface area contributed by atoms with Crippen molar-refractivity contribution in [2.45, 2.75) is 0 Å². The topological polar surface area (TPSA) is 93.6 Å². The molecule has 1 saturated heterocycles. The average Bonchev–Trinajstić information content (AvgIpc) is 2.62. The van der Waals surface area contributed by atoms with E-state index < -0.39 is 6.09 Å². The Morgan fingerprint density at radius 2 is 1.75 bits per heavy atom. The van der Waals surface area contributed by atoms with Crippen LogP contribution in [0.5, 0.6) is 0 Å². The lowest BCUT2D eigenvalue weighted by Crippen LogP contribution is -2.48. The molecule has 0 bridgehead atoms. The highest BCUT2D eigenvalue weighted by Crippen LogP contribution is 2.22. The maximum Gasteiger partial charge on any atom is 0.407 e. The van der Waals surface area contributed by atoms with Gasteiger partial charge in [-0.1, -0.05) is 0 Å². The number of benzene rings is 1. The van der Waals surface area contributed by atoms with Crippen molar-refractivity contribution in [2.75, 3.05) is 48.8 Å². The minimum atomic E-state index is -0.847. The molecule has 24 heavy (non-hydrogen) atoms. The maximum absolute atomic E-state index is 10.9. The fourth-order valence-corrected chi connectivity index (χ4v) is 2.62. The molecule has 0 spiro atoms. The van der Waals surface area contributed by atoms with Crippen LogP contribution in [0.2, 0.25) is 0 Å². The minimum Gasteiger partial charge on any atom is -0.465 e. The van der Waals surface area contributed by atoms with Crippen molar-refractivity contribution >= 4 is 29.1 Å². The van der Waals surface area contributed by atoms with Gasteiger partial charge >= 0.3 is 6.09 Å². The maximum atomic E-state index is 10.9. The van der Waals surface area contributed by atoms with Crippen LogP contribution in [0.3, 0.4) is 0 Å². The number of hydrogen-bond acceptors (Lipinski definition) is 6. The Bertz CT molecular complexity index is 698. The Kier molecular flexibility index (Phi) is 4.64. The normalized spacial score (nSPS) is 14.4. The van der Waals surface area contributed by atoms with Gasteiger partial charge in [0.15, 0.2) is 0 Å². The fourth-order valence-electron chi connectivity index (χ4n) is 2.62. The molecule has 126 valence electrons. The summed E-state index contributed by atoms with van der Waals surface area (Å²) in [6.45, 7) is 2.47. The van der Waals surface area contributed by atoms with E-state index in [1.54, 1.807) is 0 Å². The van der Waals surface area contributed by atoms with Crippen LogP contribution >= 0.6 is 0 Å². The number of carbonyl (C=O) groups is 1. The van der Waals surface area contributed by atoms with Gasteiger partial charge in [-0.3, -0.25) is 0 Å². The summed E-state index contributed by atoms with van der Waals surface area (Å²) in [6.07, 6.45) is 0.657. The van der Waals surface area contributed by atoms with Crippen LogP contribution in [-0.4, -0.2) is 59.3 Å². The molecule has 1 aromatic heterocycles. The Morgan fingerprint density at radius 1 is 1.08 bits per heavy atom. The number of anilines is 4. The van der Waals surface area contributed by atoms with E-state index >= 15 is 0 Å². The van der Waals surface area contributed by atoms with Crippen molar-refractivity contribution in [3.8, 4) is 0 Å². The fraction of sp³-hybridized carbons (Fsp3) is 0.312. The molecule has 0 radical (unpaired) electrons. The second-order valence-corrected chi connectivity index (χ2v) is 5.47. The smallest absolute Gasteiger partial charge is 0.407 e. The van der Waals surface area contributed by atoms with Gasteiger partial charge in [-0.2, -0.15) is 0 Å². The SMILES string of the molecule is CNc1cc(Nc2ccc(N3CCN(C(=O)O)CC3)cc2)ncn1. The van der Waals surface area contributed by atoms with Gasteiger partial charge in [0.1, 0.15) is 18.0 Å². The zero-order valence-corrected chi connectivity index (χ0v) is 13.4. The van der Waals surface area contributed by atoms with Crippen molar-refractivity contribution in [3.63, 3.8) is 0 Å². The summed E-state index contributed by atoms with van der Waals surface area (Å²) in [5, 5.41) is 15.2. The molecule has 2 aromatic rings. The number of piperazine rings is 1. The van der Waals surface area contributed by atoms with Crippen molar-refractivity contribution in [1.29, 1.82) is 0 Å². The number of amides is 1. The van der Waals surface area contributed by atoms with Gasteiger partial charge in [0.25, 0.3) is 0 Å². The van der Waals surface area contributed by atoms with Crippen LogP contribution in [-0.2, 0) is 0 Å². The molecule has 3 N–H and O–H groups in total. The van der Waals surface area contributed by atoms with E-state index in [0.717, 1.165) is 23.0 Å². The Labute approximate surface area is 140 Å². The Balaban J connectivity index is 1.62. The molecule has 1 fully saturated rings. The van der Waals surface area contributed by atoms with Gasteiger partial charge in [0.2, 0.25) is 0 Å². The third kappa shape index (κ3) is 3.65. The second-order valence-electron chi connectivity index (χ2n) is 5.47. The van der Waals surface area contributed by atoms with Crippen LogP contribution in [0, 0.1) is 0 Å². The monoisotopic (exact) mass is 328 g/mol. The van der Waals surface area contributed by atoms with E-state index in [0.29, 0.717) is 26.2 Å². The third-order valence-electron chi connectivity index (χ3n) is 3.98. The summed E-state index contributed by atoms with van der Waals surface area (Å²) in [6, 6.07) is 9.86. The summed E-state index contributed by atoms with van der Waals surface area (Å²) < 4.78 is 0. The lowest BCUT2D eigenvalue weighted by atomic mass is 10.2. The number of nitrogens with one attached hydrogen (secondary N) is 2. The number of rotatable bonds is 4. The Morgan fingerprint density at radius 3 is 2.38 bits per heavy atom. The second kappa shape index (κ2) is 7.03. The molecule has 1 aliphatic rings. The first kappa shape index (κ1) is 15.9. The standard InChI is InChI=1S/C16H20N6O2/c1-17-14-10-15(19-11-18-14)20-12-2-4-13(5-3-12)21-6-8-22(9-7-21)16(23)24/h2-5,10-11H,6-9H2,1H3,(H,23,24)(H2,17,18,19,20). The van der Waals surface area contributed by atoms with Gasteiger partial charge in [0, 0.05) is 50.7 Å². The van der Waals surface area contributed by atoms with E-state index in [9.17, 15) is 4.79 Å². The highest BCUT2D eigenvalue weighted by molar-refractivity contribution is 5.66. The van der Waals surface area contributed by atoms with E-state index in [1.165, 1.54) is 11.2 Å². The summed E-state index contributed by atoms with van der Waals surface area (Å²) in [5.74, 6) is 1.47.